The van der Waals surface area contributed by atoms with Crippen LogP contribution in [0.1, 0.15) is 51.4 Å². The summed E-state index contributed by atoms with van der Waals surface area (Å²) < 4.78 is 22.6. The van der Waals surface area contributed by atoms with Crippen LogP contribution in [0.4, 0.5) is 0 Å². The molecule has 0 aromatic carbocycles. The molecule has 1 N–H and O–H groups in total. The van der Waals surface area contributed by atoms with Gasteiger partial charge in [0.25, 0.3) is 0 Å². The van der Waals surface area contributed by atoms with Crippen molar-refractivity contribution < 1.29 is 13.2 Å². The Kier molecular flexibility index (Phi) is 5.25. The lowest BCUT2D eigenvalue weighted by Gasteiger charge is -2.11. The van der Waals surface area contributed by atoms with Gasteiger partial charge in [0.1, 0.15) is 0 Å². The molecular formula is C14H25NO3S. The topological polar surface area (TPSA) is 63.2 Å². The molecule has 2 rings (SSSR count). The highest BCUT2D eigenvalue weighted by Crippen LogP contribution is 2.28. The van der Waals surface area contributed by atoms with E-state index in [0.717, 1.165) is 18.9 Å². The lowest BCUT2D eigenvalue weighted by Crippen LogP contribution is -2.27. The zero-order valence-electron chi connectivity index (χ0n) is 11.6. The van der Waals surface area contributed by atoms with Crippen molar-refractivity contribution in [1.82, 2.24) is 5.32 Å². The van der Waals surface area contributed by atoms with E-state index in [9.17, 15) is 13.2 Å². The maximum absolute atomic E-state index is 11.7. The lowest BCUT2D eigenvalue weighted by atomic mass is 10.0. The highest BCUT2D eigenvalue weighted by molar-refractivity contribution is 7.91. The summed E-state index contributed by atoms with van der Waals surface area (Å²) in [6.07, 6.45) is 8.75. The molecule has 2 aliphatic rings. The molecule has 5 heteroatoms. The average molecular weight is 287 g/mol. The number of hydrogen-bond acceptors (Lipinski definition) is 3. The first-order valence-corrected chi connectivity index (χ1v) is 9.34. The molecule has 1 aliphatic heterocycles. The van der Waals surface area contributed by atoms with Gasteiger partial charge in [0.15, 0.2) is 9.84 Å². The first-order valence-electron chi connectivity index (χ1n) is 7.52. The number of sulfone groups is 1. The van der Waals surface area contributed by atoms with Crippen LogP contribution in [0.15, 0.2) is 0 Å². The standard InChI is InChI=1S/C14H25NO3S/c16-14(10-13-7-9-19(17,18)11-13)15-8-3-6-12-4-1-2-5-12/h12-13H,1-11H2,(H,15,16). The van der Waals surface area contributed by atoms with Crippen molar-refractivity contribution in [3.8, 4) is 0 Å². The predicted octanol–water partition coefficient (Wildman–Crippen LogP) is 1.90. The van der Waals surface area contributed by atoms with Crippen molar-refractivity contribution in [2.24, 2.45) is 11.8 Å². The summed E-state index contributed by atoms with van der Waals surface area (Å²) in [5.41, 5.74) is 0. The highest BCUT2D eigenvalue weighted by Gasteiger charge is 2.29. The Bertz CT molecular complexity index is 399. The normalized spacial score (nSPS) is 26.6. The smallest absolute Gasteiger partial charge is 0.220 e. The number of amides is 1. The summed E-state index contributed by atoms with van der Waals surface area (Å²) in [4.78, 5) is 11.7. The summed E-state index contributed by atoms with van der Waals surface area (Å²) >= 11 is 0. The van der Waals surface area contributed by atoms with E-state index in [1.54, 1.807) is 0 Å². The Balaban J connectivity index is 1.55. The highest BCUT2D eigenvalue weighted by atomic mass is 32.2. The number of carbonyl (C=O) groups excluding carboxylic acids is 1. The Hall–Kier alpha value is -0.580. The molecule has 1 aliphatic carbocycles. The molecule has 2 fully saturated rings. The number of carbonyl (C=O) groups is 1. The van der Waals surface area contributed by atoms with E-state index in [-0.39, 0.29) is 23.3 Å². The van der Waals surface area contributed by atoms with Crippen LogP contribution in [0.5, 0.6) is 0 Å². The van der Waals surface area contributed by atoms with Crippen molar-refractivity contribution >= 4 is 15.7 Å². The van der Waals surface area contributed by atoms with E-state index < -0.39 is 9.84 Å². The van der Waals surface area contributed by atoms with Gasteiger partial charge in [-0.15, -0.1) is 0 Å². The van der Waals surface area contributed by atoms with Crippen LogP contribution in [-0.2, 0) is 14.6 Å². The van der Waals surface area contributed by atoms with E-state index in [2.05, 4.69) is 5.32 Å². The molecule has 1 unspecified atom stereocenters. The number of nitrogens with one attached hydrogen (secondary N) is 1. The van der Waals surface area contributed by atoms with Gasteiger partial charge in [-0.05, 0) is 31.1 Å². The molecule has 4 nitrogen and oxygen atoms in total. The zero-order chi connectivity index (χ0) is 13.7. The van der Waals surface area contributed by atoms with Gasteiger partial charge in [-0.25, -0.2) is 8.42 Å². The van der Waals surface area contributed by atoms with Crippen LogP contribution >= 0.6 is 0 Å². The van der Waals surface area contributed by atoms with E-state index in [0.29, 0.717) is 12.8 Å². The summed E-state index contributed by atoms with van der Waals surface area (Å²) in [7, 11) is -2.86. The Morgan fingerprint density at radius 2 is 1.84 bits per heavy atom. The minimum Gasteiger partial charge on any atom is -0.356 e. The summed E-state index contributed by atoms with van der Waals surface area (Å²) in [6.45, 7) is 0.745. The predicted molar refractivity (Wildman–Crippen MR) is 75.6 cm³/mol. The van der Waals surface area contributed by atoms with E-state index in [1.807, 2.05) is 0 Å². The fraction of sp³-hybridized carbons (Fsp3) is 0.929. The van der Waals surface area contributed by atoms with Crippen LogP contribution in [0.3, 0.4) is 0 Å². The van der Waals surface area contributed by atoms with E-state index >= 15 is 0 Å². The quantitative estimate of drug-likeness (QED) is 0.759. The third kappa shape index (κ3) is 5.13. The molecule has 19 heavy (non-hydrogen) atoms. The second-order valence-corrected chi connectivity index (χ2v) is 8.34. The Morgan fingerprint density at radius 3 is 2.47 bits per heavy atom. The Morgan fingerprint density at radius 1 is 1.11 bits per heavy atom. The van der Waals surface area contributed by atoms with Crippen molar-refractivity contribution in [2.45, 2.75) is 51.4 Å². The van der Waals surface area contributed by atoms with E-state index in [4.69, 9.17) is 0 Å². The van der Waals surface area contributed by atoms with Crippen LogP contribution in [-0.4, -0.2) is 32.4 Å². The fourth-order valence-corrected chi connectivity index (χ4v) is 5.15. The maximum atomic E-state index is 11.7. The summed E-state index contributed by atoms with van der Waals surface area (Å²) in [5.74, 6) is 1.39. The molecule has 0 bridgehead atoms. The molecule has 1 amide bonds. The minimum absolute atomic E-state index is 0.0218. The van der Waals surface area contributed by atoms with Crippen LogP contribution in [0.2, 0.25) is 0 Å². The van der Waals surface area contributed by atoms with Crippen LogP contribution < -0.4 is 5.32 Å². The maximum Gasteiger partial charge on any atom is 0.220 e. The van der Waals surface area contributed by atoms with E-state index in [1.165, 1.54) is 32.1 Å². The van der Waals surface area contributed by atoms with Crippen LogP contribution in [0, 0.1) is 11.8 Å². The minimum atomic E-state index is -2.86. The first-order chi connectivity index (χ1) is 9.05. The Labute approximate surface area is 116 Å². The molecule has 1 atom stereocenters. The van der Waals surface area contributed by atoms with Crippen LogP contribution in [0.25, 0.3) is 0 Å². The van der Waals surface area contributed by atoms with Gasteiger partial charge in [0.05, 0.1) is 11.5 Å². The van der Waals surface area contributed by atoms with Gasteiger partial charge in [-0.3, -0.25) is 4.79 Å². The van der Waals surface area contributed by atoms with Gasteiger partial charge in [0, 0.05) is 13.0 Å². The average Bonchev–Trinajstić information content (AvgIpc) is 2.94. The monoisotopic (exact) mass is 287 g/mol. The van der Waals surface area contributed by atoms with Gasteiger partial charge < -0.3 is 5.32 Å². The van der Waals surface area contributed by atoms with Crippen molar-refractivity contribution in [2.75, 3.05) is 18.1 Å². The molecule has 1 saturated carbocycles. The number of hydrogen-bond donors (Lipinski definition) is 1. The SMILES string of the molecule is O=C(CC1CCS(=O)(=O)C1)NCCCC1CCCC1. The fourth-order valence-electron chi connectivity index (χ4n) is 3.28. The van der Waals surface area contributed by atoms with Crippen molar-refractivity contribution in [1.29, 1.82) is 0 Å². The van der Waals surface area contributed by atoms with Gasteiger partial charge >= 0.3 is 0 Å². The molecule has 0 spiro atoms. The van der Waals surface area contributed by atoms with Crippen molar-refractivity contribution in [3.63, 3.8) is 0 Å². The van der Waals surface area contributed by atoms with Gasteiger partial charge in [-0.1, -0.05) is 25.7 Å². The lowest BCUT2D eigenvalue weighted by molar-refractivity contribution is -0.121. The number of rotatable bonds is 6. The summed E-state index contributed by atoms with van der Waals surface area (Å²) in [5, 5.41) is 2.93. The largest absolute Gasteiger partial charge is 0.356 e. The van der Waals surface area contributed by atoms with Gasteiger partial charge in [-0.2, -0.15) is 0 Å². The molecular weight excluding hydrogens is 262 g/mol. The molecule has 0 aromatic rings. The molecule has 1 saturated heterocycles. The van der Waals surface area contributed by atoms with Crippen molar-refractivity contribution in [3.05, 3.63) is 0 Å². The second kappa shape index (κ2) is 6.73. The molecule has 0 aromatic heterocycles. The second-order valence-electron chi connectivity index (χ2n) is 6.12. The third-order valence-corrected chi connectivity index (χ3v) is 6.22. The molecule has 110 valence electrons. The zero-order valence-corrected chi connectivity index (χ0v) is 12.4. The first kappa shape index (κ1) is 14.8. The molecule has 0 radical (unpaired) electrons. The molecule has 1 heterocycles. The third-order valence-electron chi connectivity index (χ3n) is 4.39. The van der Waals surface area contributed by atoms with Gasteiger partial charge in [0.2, 0.25) is 5.91 Å². The summed E-state index contributed by atoms with van der Waals surface area (Å²) in [6, 6.07) is 0.